The molecule has 26 heavy (non-hydrogen) atoms. The maximum Gasteiger partial charge on any atom is 0.323 e. The van der Waals surface area contributed by atoms with Crippen LogP contribution in [-0.2, 0) is 9.59 Å². The molecule has 0 aromatic rings. The lowest BCUT2D eigenvalue weighted by molar-refractivity contribution is -0.138. The zero-order valence-electron chi connectivity index (χ0n) is 15.6. The van der Waals surface area contributed by atoms with Gasteiger partial charge in [-0.05, 0) is 38.8 Å². The molecule has 0 aromatic carbocycles. The number of carboxylic acid groups (broad SMARTS) is 2. The van der Waals surface area contributed by atoms with Crippen LogP contribution in [0, 0.1) is 0 Å². The van der Waals surface area contributed by atoms with Gasteiger partial charge in [-0.15, -0.1) is 24.8 Å². The lowest BCUT2D eigenvalue weighted by atomic mass is 10.1. The van der Waals surface area contributed by atoms with Gasteiger partial charge in [-0.2, -0.15) is 0 Å². The molecule has 0 aromatic heterocycles. The van der Waals surface area contributed by atoms with Crippen molar-refractivity contribution in [2.24, 2.45) is 0 Å². The number of aliphatic carboxylic acids is 2. The Hall–Kier alpha value is -1.92. The molecule has 0 bridgehead atoms. The third kappa shape index (κ3) is 10.8. The van der Waals surface area contributed by atoms with E-state index in [2.05, 4.69) is 12.2 Å². The molecule has 0 radical (unpaired) electrons. The maximum absolute atomic E-state index is 10.4. The van der Waals surface area contributed by atoms with Gasteiger partial charge in [0.05, 0.1) is 0 Å². The fourth-order valence-corrected chi connectivity index (χ4v) is 2.80. The normalized spacial score (nSPS) is 15.7. The van der Waals surface area contributed by atoms with E-state index < -0.39 is 11.9 Å². The SMILES string of the molecule is CC1=CN(CC(=O)O)CC(C)=C1.CC1=CN(CC(=O)O)CC(C)=C1.Cl.Cl. The van der Waals surface area contributed by atoms with Crippen LogP contribution in [0.2, 0.25) is 0 Å². The molecule has 6 nitrogen and oxygen atoms in total. The van der Waals surface area contributed by atoms with E-state index in [-0.39, 0.29) is 37.9 Å². The van der Waals surface area contributed by atoms with Crippen LogP contribution < -0.4 is 0 Å². The zero-order valence-corrected chi connectivity index (χ0v) is 17.2. The third-order valence-electron chi connectivity index (χ3n) is 3.30. The fraction of sp³-hybridized carbons (Fsp3) is 0.444. The van der Waals surface area contributed by atoms with Gasteiger partial charge >= 0.3 is 11.9 Å². The van der Waals surface area contributed by atoms with Crippen molar-refractivity contribution < 1.29 is 19.8 Å². The minimum Gasteiger partial charge on any atom is -0.480 e. The average Bonchev–Trinajstić information content (AvgIpc) is 2.34. The number of rotatable bonds is 4. The Balaban J connectivity index is 0. The molecule has 2 N–H and O–H groups in total. The second-order valence-corrected chi connectivity index (χ2v) is 6.33. The van der Waals surface area contributed by atoms with Crippen LogP contribution in [-0.4, -0.2) is 58.1 Å². The number of hydrogen-bond acceptors (Lipinski definition) is 4. The van der Waals surface area contributed by atoms with Gasteiger partial charge in [0.1, 0.15) is 13.1 Å². The standard InChI is InChI=1S/2C9H13NO2.2ClH/c2*1-7-3-8(2)5-10(4-7)6-9(11)12;;/h2*3-4H,5-6H2,1-2H3,(H,11,12);2*1H. The number of allylic oxidation sites excluding steroid dienone is 4. The number of carboxylic acids is 2. The summed E-state index contributed by atoms with van der Waals surface area (Å²) in [6.07, 6.45) is 7.89. The van der Waals surface area contributed by atoms with E-state index in [0.717, 1.165) is 24.2 Å². The van der Waals surface area contributed by atoms with Gasteiger partial charge in [-0.3, -0.25) is 9.59 Å². The highest BCUT2D eigenvalue weighted by atomic mass is 35.5. The number of carbonyl (C=O) groups is 2. The first-order chi connectivity index (χ1) is 11.2. The first-order valence-corrected chi connectivity index (χ1v) is 7.78. The topological polar surface area (TPSA) is 81.1 Å². The van der Waals surface area contributed by atoms with Crippen molar-refractivity contribution in [3.8, 4) is 0 Å². The monoisotopic (exact) mass is 406 g/mol. The average molecular weight is 407 g/mol. The summed E-state index contributed by atoms with van der Waals surface area (Å²) in [6, 6.07) is 0. The van der Waals surface area contributed by atoms with Gasteiger partial charge in [-0.25, -0.2) is 0 Å². The van der Waals surface area contributed by atoms with Gasteiger partial charge in [-0.1, -0.05) is 23.3 Å². The van der Waals surface area contributed by atoms with Crippen molar-refractivity contribution in [1.82, 2.24) is 9.80 Å². The van der Waals surface area contributed by atoms with Gasteiger partial charge in [0, 0.05) is 25.5 Å². The minimum atomic E-state index is -0.784. The van der Waals surface area contributed by atoms with E-state index in [1.165, 1.54) is 11.1 Å². The van der Waals surface area contributed by atoms with Crippen LogP contribution in [0.4, 0.5) is 0 Å². The molecule has 2 aliphatic heterocycles. The minimum absolute atomic E-state index is 0. The van der Waals surface area contributed by atoms with E-state index in [1.807, 2.05) is 40.1 Å². The van der Waals surface area contributed by atoms with E-state index in [1.54, 1.807) is 9.80 Å². The number of nitrogens with zero attached hydrogens (tertiary/aromatic N) is 2. The second kappa shape index (κ2) is 12.4. The Morgan fingerprint density at radius 1 is 0.808 bits per heavy atom. The molecular formula is C18H28Cl2N2O4. The summed E-state index contributed by atoms with van der Waals surface area (Å²) in [4.78, 5) is 24.4. The largest absolute Gasteiger partial charge is 0.480 e. The van der Waals surface area contributed by atoms with Crippen molar-refractivity contribution in [3.63, 3.8) is 0 Å². The lowest BCUT2D eigenvalue weighted by Gasteiger charge is -2.22. The molecule has 0 saturated heterocycles. The molecule has 148 valence electrons. The van der Waals surface area contributed by atoms with Crippen LogP contribution in [0.15, 0.2) is 46.8 Å². The van der Waals surface area contributed by atoms with E-state index in [0.29, 0.717) is 0 Å². The van der Waals surface area contributed by atoms with E-state index in [9.17, 15) is 9.59 Å². The molecule has 2 aliphatic rings. The zero-order chi connectivity index (χ0) is 18.3. The molecule has 0 fully saturated rings. The highest BCUT2D eigenvalue weighted by Gasteiger charge is 2.10. The van der Waals surface area contributed by atoms with E-state index in [4.69, 9.17) is 10.2 Å². The summed E-state index contributed by atoms with van der Waals surface area (Å²) in [5.41, 5.74) is 4.63. The second-order valence-electron chi connectivity index (χ2n) is 6.33. The quantitative estimate of drug-likeness (QED) is 0.744. The summed E-state index contributed by atoms with van der Waals surface area (Å²) < 4.78 is 0. The van der Waals surface area contributed by atoms with Crippen molar-refractivity contribution in [2.45, 2.75) is 27.7 Å². The first kappa shape index (κ1) is 26.3. The highest BCUT2D eigenvalue weighted by molar-refractivity contribution is 5.85. The predicted molar refractivity (Wildman–Crippen MR) is 108 cm³/mol. The van der Waals surface area contributed by atoms with Crippen LogP contribution in [0.25, 0.3) is 0 Å². The molecule has 2 heterocycles. The molecule has 2 rings (SSSR count). The van der Waals surface area contributed by atoms with Gasteiger partial charge < -0.3 is 20.0 Å². The van der Waals surface area contributed by atoms with Gasteiger partial charge in [0.15, 0.2) is 0 Å². The molecule has 0 spiro atoms. The number of halogens is 2. The molecule has 0 saturated carbocycles. The van der Waals surface area contributed by atoms with Crippen molar-refractivity contribution in [3.05, 3.63) is 46.8 Å². The van der Waals surface area contributed by atoms with Crippen molar-refractivity contribution >= 4 is 36.8 Å². The number of hydrogen-bond donors (Lipinski definition) is 2. The van der Waals surface area contributed by atoms with Gasteiger partial charge in [0.2, 0.25) is 0 Å². The first-order valence-electron chi connectivity index (χ1n) is 7.78. The highest BCUT2D eigenvalue weighted by Crippen LogP contribution is 2.12. The summed E-state index contributed by atoms with van der Waals surface area (Å²) in [7, 11) is 0. The van der Waals surface area contributed by atoms with Crippen LogP contribution >= 0.6 is 24.8 Å². The molecular weight excluding hydrogens is 379 g/mol. The van der Waals surface area contributed by atoms with Crippen LogP contribution in [0.1, 0.15) is 27.7 Å². The van der Waals surface area contributed by atoms with Gasteiger partial charge in [0.25, 0.3) is 0 Å². The summed E-state index contributed by atoms with van der Waals surface area (Å²) in [5.74, 6) is -1.57. The summed E-state index contributed by atoms with van der Waals surface area (Å²) >= 11 is 0. The Labute approximate surface area is 167 Å². The molecule has 0 atom stereocenters. The Bertz CT molecular complexity index is 567. The van der Waals surface area contributed by atoms with Crippen molar-refractivity contribution in [1.29, 1.82) is 0 Å². The molecule has 8 heteroatoms. The van der Waals surface area contributed by atoms with Crippen LogP contribution in [0.3, 0.4) is 0 Å². The Morgan fingerprint density at radius 3 is 1.35 bits per heavy atom. The Morgan fingerprint density at radius 2 is 1.12 bits per heavy atom. The Kier molecular flexibility index (Phi) is 12.6. The predicted octanol–water partition coefficient (Wildman–Crippen LogP) is 3.32. The van der Waals surface area contributed by atoms with E-state index >= 15 is 0 Å². The van der Waals surface area contributed by atoms with Crippen LogP contribution in [0.5, 0.6) is 0 Å². The van der Waals surface area contributed by atoms with Crippen molar-refractivity contribution in [2.75, 3.05) is 26.2 Å². The molecule has 0 amide bonds. The lowest BCUT2D eigenvalue weighted by Crippen LogP contribution is -2.28. The maximum atomic E-state index is 10.4. The fourth-order valence-electron chi connectivity index (χ4n) is 2.80. The molecule has 0 unspecified atom stereocenters. The molecule has 0 aliphatic carbocycles. The smallest absolute Gasteiger partial charge is 0.323 e. The summed E-state index contributed by atoms with van der Waals surface area (Å²) in [6.45, 7) is 9.57. The third-order valence-corrected chi connectivity index (χ3v) is 3.30. The summed E-state index contributed by atoms with van der Waals surface area (Å²) in [5, 5.41) is 17.1.